The number of anilines is 1. The van der Waals surface area contributed by atoms with Crippen LogP contribution in [0.25, 0.3) is 0 Å². The summed E-state index contributed by atoms with van der Waals surface area (Å²) in [4.78, 5) is 13.7. The average molecular weight is 340 g/mol. The summed E-state index contributed by atoms with van der Waals surface area (Å²) in [6.07, 6.45) is -0.494. The maximum absolute atomic E-state index is 11.7. The summed E-state index contributed by atoms with van der Waals surface area (Å²) >= 11 is 0. The minimum absolute atomic E-state index is 0.182. The number of rotatable bonds is 5. The van der Waals surface area contributed by atoms with Crippen LogP contribution in [-0.2, 0) is 14.6 Å². The Morgan fingerprint density at radius 1 is 1.22 bits per heavy atom. The van der Waals surface area contributed by atoms with Crippen molar-refractivity contribution in [3.63, 3.8) is 0 Å². The van der Waals surface area contributed by atoms with E-state index in [1.54, 1.807) is 0 Å². The summed E-state index contributed by atoms with van der Waals surface area (Å²) in [6, 6.07) is 7.67. The molecule has 0 radical (unpaired) electrons. The summed E-state index contributed by atoms with van der Waals surface area (Å²) in [6.45, 7) is 6.03. The van der Waals surface area contributed by atoms with E-state index < -0.39 is 15.9 Å². The van der Waals surface area contributed by atoms with Gasteiger partial charge in [0, 0.05) is 25.3 Å². The molecule has 1 aromatic carbocycles. The molecule has 1 saturated heterocycles. The Morgan fingerprint density at radius 3 is 2.39 bits per heavy atom. The van der Waals surface area contributed by atoms with Gasteiger partial charge in [-0.15, -0.1) is 0 Å². The molecule has 0 bridgehead atoms. The minimum Gasteiger partial charge on any atom is -0.448 e. The van der Waals surface area contributed by atoms with E-state index >= 15 is 0 Å². The zero-order valence-electron chi connectivity index (χ0n) is 13.6. The van der Waals surface area contributed by atoms with Crippen LogP contribution < -0.4 is 5.32 Å². The third-order valence-corrected chi connectivity index (χ3v) is 5.51. The Hall–Kier alpha value is -1.60. The SMILES string of the molecule is CC(C)c1ccc(NC(=O)OCCN2CCS(=O)(=O)CC2)cc1. The van der Waals surface area contributed by atoms with Crippen molar-refractivity contribution in [2.75, 3.05) is 43.1 Å². The van der Waals surface area contributed by atoms with Crippen LogP contribution >= 0.6 is 0 Å². The number of nitrogens with one attached hydrogen (secondary N) is 1. The fourth-order valence-corrected chi connectivity index (χ4v) is 3.62. The first-order valence-corrected chi connectivity index (χ1v) is 9.64. The zero-order chi connectivity index (χ0) is 16.9. The largest absolute Gasteiger partial charge is 0.448 e. The first-order valence-electron chi connectivity index (χ1n) is 7.82. The van der Waals surface area contributed by atoms with Crippen molar-refractivity contribution in [2.45, 2.75) is 19.8 Å². The average Bonchev–Trinajstić information content (AvgIpc) is 2.49. The molecule has 0 spiro atoms. The van der Waals surface area contributed by atoms with E-state index in [2.05, 4.69) is 19.2 Å². The number of carbonyl (C=O) groups excluding carboxylic acids is 1. The molecule has 1 heterocycles. The van der Waals surface area contributed by atoms with Gasteiger partial charge in [0.05, 0.1) is 11.5 Å². The Bertz CT molecular complexity index is 612. The Kier molecular flexibility index (Phi) is 6.01. The summed E-state index contributed by atoms with van der Waals surface area (Å²) < 4.78 is 27.8. The van der Waals surface area contributed by atoms with Crippen LogP contribution in [0.15, 0.2) is 24.3 Å². The molecule has 1 N–H and O–H groups in total. The molecule has 0 unspecified atom stereocenters. The van der Waals surface area contributed by atoms with Crippen LogP contribution in [0.2, 0.25) is 0 Å². The van der Waals surface area contributed by atoms with Crippen molar-refractivity contribution < 1.29 is 17.9 Å². The fourth-order valence-electron chi connectivity index (χ4n) is 2.35. The van der Waals surface area contributed by atoms with Gasteiger partial charge in [0.2, 0.25) is 0 Å². The normalized spacial score (nSPS) is 17.9. The number of carbonyl (C=O) groups is 1. The first-order chi connectivity index (χ1) is 10.9. The smallest absolute Gasteiger partial charge is 0.411 e. The van der Waals surface area contributed by atoms with E-state index in [-0.39, 0.29) is 18.1 Å². The lowest BCUT2D eigenvalue weighted by molar-refractivity contribution is 0.142. The van der Waals surface area contributed by atoms with E-state index in [0.717, 1.165) is 0 Å². The topological polar surface area (TPSA) is 75.7 Å². The van der Waals surface area contributed by atoms with Crippen LogP contribution in [0.3, 0.4) is 0 Å². The highest BCUT2D eigenvalue weighted by Gasteiger charge is 2.21. The molecular formula is C16H24N2O4S. The first kappa shape index (κ1) is 17.7. The van der Waals surface area contributed by atoms with E-state index in [4.69, 9.17) is 4.74 Å². The summed E-state index contributed by atoms with van der Waals surface area (Å²) in [5.74, 6) is 0.812. The van der Waals surface area contributed by atoms with Crippen molar-refractivity contribution in [3.05, 3.63) is 29.8 Å². The van der Waals surface area contributed by atoms with E-state index in [9.17, 15) is 13.2 Å². The van der Waals surface area contributed by atoms with Crippen molar-refractivity contribution in [1.82, 2.24) is 4.90 Å². The highest BCUT2D eigenvalue weighted by atomic mass is 32.2. The number of nitrogens with zero attached hydrogens (tertiary/aromatic N) is 1. The predicted octanol–water partition coefficient (Wildman–Crippen LogP) is 2.09. The van der Waals surface area contributed by atoms with Gasteiger partial charge < -0.3 is 4.74 Å². The number of hydrogen-bond donors (Lipinski definition) is 1. The quantitative estimate of drug-likeness (QED) is 0.888. The predicted molar refractivity (Wildman–Crippen MR) is 90.6 cm³/mol. The van der Waals surface area contributed by atoms with Gasteiger partial charge in [-0.3, -0.25) is 10.2 Å². The molecule has 128 valence electrons. The second kappa shape index (κ2) is 7.79. The fraction of sp³-hybridized carbons (Fsp3) is 0.562. The lowest BCUT2D eigenvalue weighted by atomic mass is 10.0. The van der Waals surface area contributed by atoms with Crippen molar-refractivity contribution in [2.24, 2.45) is 0 Å². The molecule has 2 rings (SSSR count). The molecule has 6 nitrogen and oxygen atoms in total. The highest BCUT2D eigenvalue weighted by molar-refractivity contribution is 7.91. The van der Waals surface area contributed by atoms with Crippen molar-refractivity contribution >= 4 is 21.6 Å². The summed E-state index contributed by atoms with van der Waals surface area (Å²) in [7, 11) is -2.87. The molecule has 1 aromatic rings. The van der Waals surface area contributed by atoms with Gasteiger partial charge in [0.25, 0.3) is 0 Å². The van der Waals surface area contributed by atoms with E-state index in [1.807, 2.05) is 29.2 Å². The number of sulfone groups is 1. The van der Waals surface area contributed by atoms with Crippen molar-refractivity contribution in [1.29, 1.82) is 0 Å². The number of hydrogen-bond acceptors (Lipinski definition) is 5. The van der Waals surface area contributed by atoms with E-state index in [0.29, 0.717) is 31.2 Å². The van der Waals surface area contributed by atoms with Crippen LogP contribution in [0.5, 0.6) is 0 Å². The molecule has 0 aromatic heterocycles. The maximum Gasteiger partial charge on any atom is 0.411 e. The van der Waals surface area contributed by atoms with Gasteiger partial charge >= 0.3 is 6.09 Å². The minimum atomic E-state index is -2.87. The summed E-state index contributed by atoms with van der Waals surface area (Å²) in [5, 5.41) is 2.68. The van der Waals surface area contributed by atoms with Crippen LogP contribution in [-0.4, -0.2) is 57.2 Å². The number of ether oxygens (including phenoxy) is 1. The highest BCUT2D eigenvalue weighted by Crippen LogP contribution is 2.17. The zero-order valence-corrected chi connectivity index (χ0v) is 14.4. The Balaban J connectivity index is 1.69. The monoisotopic (exact) mass is 340 g/mol. The second-order valence-corrected chi connectivity index (χ2v) is 8.33. The summed E-state index contributed by atoms with van der Waals surface area (Å²) in [5.41, 5.74) is 1.91. The van der Waals surface area contributed by atoms with Gasteiger partial charge in [-0.2, -0.15) is 0 Å². The molecule has 1 amide bonds. The maximum atomic E-state index is 11.7. The number of amides is 1. The molecule has 1 aliphatic rings. The lowest BCUT2D eigenvalue weighted by Gasteiger charge is -2.26. The molecule has 1 aliphatic heterocycles. The van der Waals surface area contributed by atoms with Crippen LogP contribution in [0.1, 0.15) is 25.3 Å². The lowest BCUT2D eigenvalue weighted by Crippen LogP contribution is -2.42. The molecule has 0 atom stereocenters. The van der Waals surface area contributed by atoms with Gasteiger partial charge in [0.1, 0.15) is 6.61 Å². The van der Waals surface area contributed by atoms with Crippen molar-refractivity contribution in [3.8, 4) is 0 Å². The molecular weight excluding hydrogens is 316 g/mol. The Morgan fingerprint density at radius 2 is 1.83 bits per heavy atom. The van der Waals surface area contributed by atoms with Crippen LogP contribution in [0.4, 0.5) is 10.5 Å². The molecule has 0 aliphatic carbocycles. The molecule has 23 heavy (non-hydrogen) atoms. The third kappa shape index (κ3) is 5.84. The van der Waals surface area contributed by atoms with E-state index in [1.165, 1.54) is 5.56 Å². The van der Waals surface area contributed by atoms with Crippen LogP contribution in [0, 0.1) is 0 Å². The standard InChI is InChI=1S/C16H24N2O4S/c1-13(2)14-3-5-15(6-4-14)17-16(19)22-10-7-18-8-11-23(20,21)12-9-18/h3-6,13H,7-12H2,1-2H3,(H,17,19). The Labute approximate surface area is 137 Å². The van der Waals surface area contributed by atoms with Gasteiger partial charge in [-0.05, 0) is 23.6 Å². The number of benzene rings is 1. The third-order valence-electron chi connectivity index (χ3n) is 3.90. The van der Waals surface area contributed by atoms with Gasteiger partial charge in [0.15, 0.2) is 9.84 Å². The molecule has 0 saturated carbocycles. The molecule has 7 heteroatoms. The van der Waals surface area contributed by atoms with Gasteiger partial charge in [-0.1, -0.05) is 26.0 Å². The second-order valence-electron chi connectivity index (χ2n) is 6.03. The molecule has 1 fully saturated rings. The van der Waals surface area contributed by atoms with Gasteiger partial charge in [-0.25, -0.2) is 13.2 Å².